The van der Waals surface area contributed by atoms with Crippen LogP contribution in [0, 0.1) is 0 Å². The monoisotopic (exact) mass is 258 g/mol. The van der Waals surface area contributed by atoms with Gasteiger partial charge in [-0.15, -0.1) is 0 Å². The van der Waals surface area contributed by atoms with Gasteiger partial charge in [0.25, 0.3) is 0 Å². The molecular weight excluding hydrogens is 246 g/mol. The molecule has 0 bridgehead atoms. The van der Waals surface area contributed by atoms with E-state index in [1.165, 1.54) is 6.42 Å². The summed E-state index contributed by atoms with van der Waals surface area (Å²) in [6.07, 6.45) is -8.25. The van der Waals surface area contributed by atoms with Crippen molar-refractivity contribution in [1.82, 2.24) is 0 Å². The molecule has 1 aromatic carbocycles. The van der Waals surface area contributed by atoms with Gasteiger partial charge in [-0.2, -0.15) is 26.3 Å². The van der Waals surface area contributed by atoms with Gasteiger partial charge in [0.05, 0.1) is 11.1 Å². The quantitative estimate of drug-likeness (QED) is 0.565. The van der Waals surface area contributed by atoms with Gasteiger partial charge in [-0.05, 0) is 18.2 Å². The van der Waals surface area contributed by atoms with E-state index >= 15 is 0 Å². The number of hydrogen-bond acceptors (Lipinski definition) is 0. The van der Waals surface area contributed by atoms with E-state index in [2.05, 4.69) is 13.8 Å². The molecule has 0 radical (unpaired) electrons. The van der Waals surface area contributed by atoms with E-state index in [-0.39, 0.29) is 6.07 Å². The van der Waals surface area contributed by atoms with Crippen LogP contribution in [0.5, 0.6) is 0 Å². The molecule has 0 spiro atoms. The molecule has 0 N–H and O–H groups in total. The first-order valence-corrected chi connectivity index (χ1v) is 4.87. The van der Waals surface area contributed by atoms with E-state index in [4.69, 9.17) is 0 Å². The predicted molar refractivity (Wildman–Crippen MR) is 52.4 cm³/mol. The topological polar surface area (TPSA) is 0 Å². The molecular formula is C11H12F6. The summed E-state index contributed by atoms with van der Waals surface area (Å²) in [6.45, 7) is 4.25. The van der Waals surface area contributed by atoms with E-state index < -0.39 is 23.5 Å². The molecule has 0 fully saturated rings. The van der Waals surface area contributed by atoms with Crippen molar-refractivity contribution in [3.8, 4) is 0 Å². The largest absolute Gasteiger partial charge is 0.416 e. The Labute approximate surface area is 95.3 Å². The van der Waals surface area contributed by atoms with Gasteiger partial charge in [-0.1, -0.05) is 26.3 Å². The number of halogens is 6. The van der Waals surface area contributed by atoms with E-state index in [0.29, 0.717) is 12.1 Å². The van der Waals surface area contributed by atoms with Crippen LogP contribution in [-0.2, 0) is 12.4 Å². The van der Waals surface area contributed by atoms with E-state index in [1.54, 1.807) is 0 Å². The number of hydrogen-bond donors (Lipinski definition) is 0. The van der Waals surface area contributed by atoms with E-state index in [1.807, 2.05) is 0 Å². The van der Waals surface area contributed by atoms with Crippen molar-refractivity contribution >= 4 is 0 Å². The highest BCUT2D eigenvalue weighted by atomic mass is 19.4. The number of benzene rings is 1. The zero-order valence-electron chi connectivity index (χ0n) is 9.28. The fourth-order valence-electron chi connectivity index (χ4n) is 0.872. The zero-order chi connectivity index (χ0) is 13.7. The molecule has 0 aliphatic rings. The van der Waals surface area contributed by atoms with Crippen molar-refractivity contribution in [2.24, 2.45) is 0 Å². The molecule has 0 aliphatic carbocycles. The Hall–Kier alpha value is -1.20. The van der Waals surface area contributed by atoms with Crippen LogP contribution in [0.15, 0.2) is 24.3 Å². The summed E-state index contributed by atoms with van der Waals surface area (Å²) in [6, 6.07) is 2.00. The third-order valence-corrected chi connectivity index (χ3v) is 1.52. The normalized spacial score (nSPS) is 11.8. The first-order chi connectivity index (χ1) is 7.62. The lowest BCUT2D eigenvalue weighted by Crippen LogP contribution is -2.09. The molecule has 1 aromatic rings. The lowest BCUT2D eigenvalue weighted by atomic mass is 10.1. The van der Waals surface area contributed by atoms with Gasteiger partial charge in [0.15, 0.2) is 0 Å². The molecule has 0 saturated heterocycles. The fourth-order valence-corrected chi connectivity index (χ4v) is 0.872. The van der Waals surface area contributed by atoms with Crippen molar-refractivity contribution in [1.29, 1.82) is 0 Å². The molecule has 6 heteroatoms. The lowest BCUT2D eigenvalue weighted by Gasteiger charge is -2.10. The van der Waals surface area contributed by atoms with Gasteiger partial charge >= 0.3 is 12.4 Å². The van der Waals surface area contributed by atoms with E-state index in [9.17, 15) is 26.3 Å². The highest BCUT2D eigenvalue weighted by molar-refractivity contribution is 5.27. The van der Waals surface area contributed by atoms with Gasteiger partial charge in [-0.3, -0.25) is 0 Å². The van der Waals surface area contributed by atoms with Crippen molar-refractivity contribution in [2.45, 2.75) is 32.6 Å². The van der Waals surface area contributed by atoms with Gasteiger partial charge in [0, 0.05) is 0 Å². The summed E-state index contributed by atoms with van der Waals surface area (Å²) in [5.74, 6) is 0. The van der Waals surface area contributed by atoms with Crippen LogP contribution < -0.4 is 0 Å². The molecule has 0 aromatic heterocycles. The second-order valence-corrected chi connectivity index (χ2v) is 3.28. The van der Waals surface area contributed by atoms with Crippen molar-refractivity contribution in [3.63, 3.8) is 0 Å². The maximum Gasteiger partial charge on any atom is 0.416 e. The molecule has 0 amide bonds. The Bertz CT molecular complexity index is 307. The maximum atomic E-state index is 12.0. The third kappa shape index (κ3) is 5.60. The van der Waals surface area contributed by atoms with E-state index in [0.717, 1.165) is 6.07 Å². The number of alkyl halides is 6. The first kappa shape index (κ1) is 15.8. The van der Waals surface area contributed by atoms with Crippen LogP contribution in [0.2, 0.25) is 0 Å². The van der Waals surface area contributed by atoms with Gasteiger partial charge < -0.3 is 0 Å². The average molecular weight is 258 g/mol. The predicted octanol–water partition coefficient (Wildman–Crippen LogP) is 5.14. The highest BCUT2D eigenvalue weighted by Crippen LogP contribution is 2.34. The standard InChI is InChI=1S/C8H4F6.C3H8/c9-7(10,11)5-2-1-3-6(4-5)8(12,13)14;1-3-2/h1-4H;3H2,1-2H3. The summed E-state index contributed by atoms with van der Waals surface area (Å²) in [4.78, 5) is 0. The first-order valence-electron chi connectivity index (χ1n) is 4.87. The van der Waals surface area contributed by atoms with Gasteiger partial charge in [0.1, 0.15) is 0 Å². The van der Waals surface area contributed by atoms with Crippen LogP contribution >= 0.6 is 0 Å². The minimum absolute atomic E-state index is 0.0833. The Morgan fingerprint density at radius 3 is 1.35 bits per heavy atom. The van der Waals surface area contributed by atoms with Crippen molar-refractivity contribution in [2.75, 3.05) is 0 Å². The van der Waals surface area contributed by atoms with Gasteiger partial charge in [-0.25, -0.2) is 0 Å². The Balaban J connectivity index is 0.000000770. The molecule has 0 nitrogen and oxygen atoms in total. The van der Waals surface area contributed by atoms with Crippen LogP contribution in [0.3, 0.4) is 0 Å². The lowest BCUT2D eigenvalue weighted by molar-refractivity contribution is -0.143. The van der Waals surface area contributed by atoms with Crippen LogP contribution in [0.1, 0.15) is 31.4 Å². The van der Waals surface area contributed by atoms with Crippen LogP contribution in [0.4, 0.5) is 26.3 Å². The van der Waals surface area contributed by atoms with Crippen LogP contribution in [-0.4, -0.2) is 0 Å². The summed E-state index contributed by atoms with van der Waals surface area (Å²) >= 11 is 0. The summed E-state index contributed by atoms with van der Waals surface area (Å²) in [7, 11) is 0. The molecule has 0 heterocycles. The third-order valence-electron chi connectivity index (χ3n) is 1.52. The number of rotatable bonds is 0. The van der Waals surface area contributed by atoms with Crippen molar-refractivity contribution in [3.05, 3.63) is 35.4 Å². The highest BCUT2D eigenvalue weighted by Gasteiger charge is 2.35. The van der Waals surface area contributed by atoms with Crippen LogP contribution in [0.25, 0.3) is 0 Å². The van der Waals surface area contributed by atoms with Gasteiger partial charge in [0.2, 0.25) is 0 Å². The Kier molecular flexibility index (Phi) is 5.51. The second-order valence-electron chi connectivity index (χ2n) is 3.28. The summed E-state index contributed by atoms with van der Waals surface area (Å²) in [5.41, 5.74) is -2.60. The second kappa shape index (κ2) is 5.93. The molecule has 1 rings (SSSR count). The zero-order valence-corrected chi connectivity index (χ0v) is 9.28. The molecule has 0 atom stereocenters. The molecule has 0 saturated carbocycles. The molecule has 98 valence electrons. The summed E-state index contributed by atoms with van der Waals surface area (Å²) < 4.78 is 71.9. The molecule has 0 aliphatic heterocycles. The Morgan fingerprint density at radius 2 is 1.12 bits per heavy atom. The molecule has 17 heavy (non-hydrogen) atoms. The van der Waals surface area contributed by atoms with Crippen molar-refractivity contribution < 1.29 is 26.3 Å². The minimum Gasteiger partial charge on any atom is -0.166 e. The average Bonchev–Trinajstić information content (AvgIpc) is 2.16. The SMILES string of the molecule is CCC.FC(F)(F)c1cccc(C(F)(F)F)c1. The molecule has 0 unspecified atom stereocenters. The summed E-state index contributed by atoms with van der Waals surface area (Å²) in [5, 5.41) is 0. The maximum absolute atomic E-state index is 12.0. The minimum atomic E-state index is -4.75. The Morgan fingerprint density at radius 1 is 0.824 bits per heavy atom. The fraction of sp³-hybridized carbons (Fsp3) is 0.455. The smallest absolute Gasteiger partial charge is 0.166 e.